The van der Waals surface area contributed by atoms with Gasteiger partial charge in [0.25, 0.3) is 0 Å². The summed E-state index contributed by atoms with van der Waals surface area (Å²) in [7, 11) is 0. The van der Waals surface area contributed by atoms with Crippen LogP contribution in [0.15, 0.2) is 33.6 Å². The van der Waals surface area contributed by atoms with Gasteiger partial charge in [0.05, 0.1) is 12.4 Å². The summed E-state index contributed by atoms with van der Waals surface area (Å²) < 4.78 is 11.0. The van der Waals surface area contributed by atoms with Gasteiger partial charge in [-0.3, -0.25) is 10.1 Å². The summed E-state index contributed by atoms with van der Waals surface area (Å²) in [6.45, 7) is 4.49. The predicted octanol–water partition coefficient (Wildman–Crippen LogP) is 2.67. The van der Waals surface area contributed by atoms with Crippen molar-refractivity contribution < 1.29 is 13.9 Å². The van der Waals surface area contributed by atoms with Crippen molar-refractivity contribution in [3.63, 3.8) is 0 Å². The van der Waals surface area contributed by atoms with E-state index in [-0.39, 0.29) is 23.6 Å². The van der Waals surface area contributed by atoms with Gasteiger partial charge in [0.1, 0.15) is 5.75 Å². The molecule has 1 fully saturated rings. The third kappa shape index (κ3) is 5.20. The van der Waals surface area contributed by atoms with E-state index in [9.17, 15) is 4.79 Å². The third-order valence-electron chi connectivity index (χ3n) is 3.88. The van der Waals surface area contributed by atoms with Gasteiger partial charge in [0.2, 0.25) is 11.8 Å². The molecule has 1 aliphatic rings. The molecule has 0 radical (unpaired) electrons. The Labute approximate surface area is 150 Å². The highest BCUT2D eigenvalue weighted by Crippen LogP contribution is 2.25. The molecule has 0 aliphatic carbocycles. The molecule has 3 rings (SSSR count). The van der Waals surface area contributed by atoms with E-state index in [0.29, 0.717) is 12.5 Å². The number of rotatable bonds is 7. The van der Waals surface area contributed by atoms with Crippen molar-refractivity contribution in [2.45, 2.75) is 30.6 Å². The highest BCUT2D eigenvalue weighted by molar-refractivity contribution is 8.00. The number of thioether (sulfide) groups is 1. The van der Waals surface area contributed by atoms with Gasteiger partial charge in [-0.2, -0.15) is 0 Å². The number of piperidine rings is 1. The first-order valence-corrected chi connectivity index (χ1v) is 9.43. The van der Waals surface area contributed by atoms with E-state index in [4.69, 9.17) is 9.15 Å². The number of anilines is 1. The lowest BCUT2D eigenvalue weighted by atomic mass is 9.98. The maximum Gasteiger partial charge on any atom is 0.322 e. The molecule has 1 aliphatic heterocycles. The molecule has 0 unspecified atom stereocenters. The Morgan fingerprint density at radius 1 is 1.32 bits per heavy atom. The van der Waals surface area contributed by atoms with Crippen molar-refractivity contribution in [1.29, 1.82) is 0 Å². The number of hydrogen-bond acceptors (Lipinski definition) is 7. The smallest absolute Gasteiger partial charge is 0.322 e. The molecule has 0 spiro atoms. The molecular formula is C17H22N4O3S. The van der Waals surface area contributed by atoms with Gasteiger partial charge in [0, 0.05) is 10.8 Å². The van der Waals surface area contributed by atoms with E-state index in [1.807, 2.05) is 31.2 Å². The van der Waals surface area contributed by atoms with Gasteiger partial charge in [-0.05, 0) is 57.1 Å². The van der Waals surface area contributed by atoms with Crippen LogP contribution in [-0.4, -0.2) is 41.6 Å². The maximum atomic E-state index is 12.0. The summed E-state index contributed by atoms with van der Waals surface area (Å²) in [6.07, 6.45) is 1.95. The molecule has 1 amide bonds. The van der Waals surface area contributed by atoms with Gasteiger partial charge >= 0.3 is 6.01 Å². The lowest BCUT2D eigenvalue weighted by molar-refractivity contribution is -0.113. The Hall–Kier alpha value is -2.06. The average Bonchev–Trinajstić information content (AvgIpc) is 3.11. The van der Waals surface area contributed by atoms with Crippen LogP contribution in [-0.2, 0) is 4.79 Å². The molecule has 8 heteroatoms. The number of carbonyl (C=O) groups excluding carboxylic acids is 1. The van der Waals surface area contributed by atoms with Crippen molar-refractivity contribution in [3.05, 3.63) is 30.2 Å². The third-order valence-corrected chi connectivity index (χ3v) is 4.89. The molecule has 0 saturated carbocycles. The van der Waals surface area contributed by atoms with Crippen LogP contribution in [0.5, 0.6) is 5.75 Å². The van der Waals surface area contributed by atoms with E-state index < -0.39 is 0 Å². The van der Waals surface area contributed by atoms with Crippen LogP contribution in [0.2, 0.25) is 0 Å². The minimum atomic E-state index is -0.167. The maximum absolute atomic E-state index is 12.0. The number of carbonyl (C=O) groups is 1. The normalized spacial score (nSPS) is 15.1. The van der Waals surface area contributed by atoms with Crippen LogP contribution in [0, 0.1) is 0 Å². The van der Waals surface area contributed by atoms with E-state index >= 15 is 0 Å². The number of aromatic nitrogens is 2. The first kappa shape index (κ1) is 17.8. The van der Waals surface area contributed by atoms with Crippen molar-refractivity contribution in [2.75, 3.05) is 30.8 Å². The summed E-state index contributed by atoms with van der Waals surface area (Å²) in [5.74, 6) is 1.82. The van der Waals surface area contributed by atoms with Crippen LogP contribution in [0.25, 0.3) is 0 Å². The van der Waals surface area contributed by atoms with E-state index in [2.05, 4.69) is 20.8 Å². The van der Waals surface area contributed by atoms with Crippen molar-refractivity contribution in [2.24, 2.45) is 0 Å². The van der Waals surface area contributed by atoms with E-state index in [1.165, 1.54) is 11.8 Å². The minimum absolute atomic E-state index is 0.167. The van der Waals surface area contributed by atoms with Crippen molar-refractivity contribution >= 4 is 23.7 Å². The SMILES string of the molecule is CCOc1ccc(SCC(=O)Nc2nnc(C3CCNCC3)o2)cc1. The highest BCUT2D eigenvalue weighted by Gasteiger charge is 2.21. The van der Waals surface area contributed by atoms with Gasteiger partial charge in [-0.1, -0.05) is 5.10 Å². The largest absolute Gasteiger partial charge is 0.494 e. The Morgan fingerprint density at radius 2 is 2.08 bits per heavy atom. The fourth-order valence-corrected chi connectivity index (χ4v) is 3.32. The van der Waals surface area contributed by atoms with Crippen LogP contribution in [0.4, 0.5) is 6.01 Å². The van der Waals surface area contributed by atoms with Gasteiger partial charge in [-0.15, -0.1) is 16.9 Å². The molecule has 2 aromatic rings. The molecule has 134 valence electrons. The molecule has 25 heavy (non-hydrogen) atoms. The van der Waals surface area contributed by atoms with E-state index in [0.717, 1.165) is 36.6 Å². The quantitative estimate of drug-likeness (QED) is 0.732. The minimum Gasteiger partial charge on any atom is -0.494 e. The lowest BCUT2D eigenvalue weighted by Gasteiger charge is -2.18. The first-order valence-electron chi connectivity index (χ1n) is 8.44. The van der Waals surface area contributed by atoms with Crippen LogP contribution < -0.4 is 15.4 Å². The molecule has 0 bridgehead atoms. The zero-order chi connectivity index (χ0) is 17.5. The summed E-state index contributed by atoms with van der Waals surface area (Å²) in [4.78, 5) is 13.0. The number of amides is 1. The fourth-order valence-electron chi connectivity index (χ4n) is 2.62. The molecule has 1 saturated heterocycles. The number of ether oxygens (including phenoxy) is 1. The molecule has 2 N–H and O–H groups in total. The lowest BCUT2D eigenvalue weighted by Crippen LogP contribution is -2.26. The standard InChI is InChI=1S/C17H22N4O3S/c1-2-23-13-3-5-14(6-4-13)25-11-15(22)19-17-21-20-16(24-17)12-7-9-18-10-8-12/h3-6,12,18H,2,7-11H2,1H3,(H,19,21,22). The molecule has 0 atom stereocenters. The van der Waals surface area contributed by atoms with Gasteiger partial charge in [0.15, 0.2) is 0 Å². The summed E-state index contributed by atoms with van der Waals surface area (Å²) in [5, 5.41) is 13.9. The van der Waals surface area contributed by atoms with Gasteiger partial charge < -0.3 is 14.5 Å². The molecule has 1 aromatic heterocycles. The van der Waals surface area contributed by atoms with Gasteiger partial charge in [-0.25, -0.2) is 0 Å². The Bertz CT molecular complexity index is 683. The molecule has 1 aromatic carbocycles. The molecule has 2 heterocycles. The first-order chi connectivity index (χ1) is 12.2. The van der Waals surface area contributed by atoms with Crippen molar-refractivity contribution in [3.8, 4) is 5.75 Å². The zero-order valence-corrected chi connectivity index (χ0v) is 15.0. The summed E-state index contributed by atoms with van der Waals surface area (Å²) >= 11 is 1.44. The Morgan fingerprint density at radius 3 is 2.80 bits per heavy atom. The fraction of sp³-hybridized carbons (Fsp3) is 0.471. The zero-order valence-electron chi connectivity index (χ0n) is 14.2. The Kier molecular flexibility index (Phi) is 6.30. The number of nitrogens with zero attached hydrogens (tertiary/aromatic N) is 2. The topological polar surface area (TPSA) is 89.3 Å². The van der Waals surface area contributed by atoms with Crippen LogP contribution >= 0.6 is 11.8 Å². The van der Waals surface area contributed by atoms with Crippen LogP contribution in [0.3, 0.4) is 0 Å². The van der Waals surface area contributed by atoms with Crippen molar-refractivity contribution in [1.82, 2.24) is 15.5 Å². The summed E-state index contributed by atoms with van der Waals surface area (Å²) in [5.41, 5.74) is 0. The average molecular weight is 362 g/mol. The molecule has 7 nitrogen and oxygen atoms in total. The number of nitrogens with one attached hydrogen (secondary N) is 2. The Balaban J connectivity index is 1.46. The second-order valence-corrected chi connectivity index (χ2v) is 6.76. The van der Waals surface area contributed by atoms with Crippen LogP contribution in [0.1, 0.15) is 31.6 Å². The number of hydrogen-bond donors (Lipinski definition) is 2. The second-order valence-electron chi connectivity index (χ2n) is 5.71. The highest BCUT2D eigenvalue weighted by atomic mass is 32.2. The number of benzene rings is 1. The summed E-state index contributed by atoms with van der Waals surface area (Å²) in [6, 6.07) is 7.83. The second kappa shape index (κ2) is 8.87. The van der Waals surface area contributed by atoms with E-state index in [1.54, 1.807) is 0 Å². The predicted molar refractivity (Wildman–Crippen MR) is 96.1 cm³/mol. The monoisotopic (exact) mass is 362 g/mol. The molecular weight excluding hydrogens is 340 g/mol.